The fourth-order valence-electron chi connectivity index (χ4n) is 3.66. The summed E-state index contributed by atoms with van der Waals surface area (Å²) in [6, 6.07) is 19.8. The van der Waals surface area contributed by atoms with Gasteiger partial charge in [-0.2, -0.15) is 0 Å². The Morgan fingerprint density at radius 3 is 2.20 bits per heavy atom. The van der Waals surface area contributed by atoms with E-state index >= 15 is 0 Å². The molecule has 1 fully saturated rings. The summed E-state index contributed by atoms with van der Waals surface area (Å²) >= 11 is 0. The maximum atomic E-state index is 12.4. The molecule has 2 aromatic rings. The van der Waals surface area contributed by atoms with Gasteiger partial charge >= 0.3 is 5.97 Å². The molecule has 1 aliphatic rings. The van der Waals surface area contributed by atoms with Crippen molar-refractivity contribution in [3.8, 4) is 0 Å². The molecule has 3 rings (SSSR count). The van der Waals surface area contributed by atoms with Gasteiger partial charge in [0.25, 0.3) is 0 Å². The van der Waals surface area contributed by atoms with Gasteiger partial charge in [-0.05, 0) is 24.0 Å². The lowest BCUT2D eigenvalue weighted by Crippen LogP contribution is -2.50. The second-order valence-electron chi connectivity index (χ2n) is 6.73. The fraction of sp³-hybridized carbons (Fsp3) is 0.381. The molecule has 1 aliphatic heterocycles. The number of benzene rings is 2. The molecule has 1 N–H and O–H groups in total. The maximum Gasteiger partial charge on any atom is 0.316 e. The normalized spacial score (nSPS) is 18.5. The number of carbonyl (C=O) groups excluding carboxylic acids is 1. The zero-order chi connectivity index (χ0) is 17.7. The minimum Gasteiger partial charge on any atom is -0.468 e. The van der Waals surface area contributed by atoms with Crippen molar-refractivity contribution >= 4 is 5.97 Å². The zero-order valence-corrected chi connectivity index (χ0v) is 14.6. The SMILES string of the molecule is COC(=O)[C@@H](c1ccccc1)C1(O)CCN(Cc2ccccc2)CC1. The van der Waals surface area contributed by atoms with Gasteiger partial charge in [0.1, 0.15) is 5.92 Å². The van der Waals surface area contributed by atoms with E-state index in [9.17, 15) is 9.90 Å². The summed E-state index contributed by atoms with van der Waals surface area (Å²) in [5.74, 6) is -1.01. The topological polar surface area (TPSA) is 49.8 Å². The highest BCUT2D eigenvalue weighted by molar-refractivity contribution is 5.79. The monoisotopic (exact) mass is 339 g/mol. The minimum absolute atomic E-state index is 0.370. The van der Waals surface area contributed by atoms with E-state index in [1.165, 1.54) is 12.7 Å². The summed E-state index contributed by atoms with van der Waals surface area (Å²) < 4.78 is 5.00. The molecular weight excluding hydrogens is 314 g/mol. The molecule has 4 nitrogen and oxygen atoms in total. The predicted molar refractivity (Wildman–Crippen MR) is 97.1 cm³/mol. The Morgan fingerprint density at radius 1 is 1.08 bits per heavy atom. The van der Waals surface area contributed by atoms with E-state index in [-0.39, 0.29) is 5.97 Å². The summed E-state index contributed by atoms with van der Waals surface area (Å²) in [6.07, 6.45) is 1.10. The number of aliphatic hydroxyl groups is 1. The summed E-state index contributed by atoms with van der Waals surface area (Å²) in [4.78, 5) is 14.7. The highest BCUT2D eigenvalue weighted by Crippen LogP contribution is 2.38. The Kier molecular flexibility index (Phi) is 5.51. The molecule has 0 amide bonds. The van der Waals surface area contributed by atoms with Crippen LogP contribution in [0.1, 0.15) is 29.9 Å². The van der Waals surface area contributed by atoms with Crippen LogP contribution in [0.3, 0.4) is 0 Å². The van der Waals surface area contributed by atoms with Crippen LogP contribution >= 0.6 is 0 Å². The van der Waals surface area contributed by atoms with Crippen LogP contribution in [0.25, 0.3) is 0 Å². The first-order valence-electron chi connectivity index (χ1n) is 8.74. The molecule has 1 heterocycles. The maximum absolute atomic E-state index is 12.4. The number of likely N-dealkylation sites (tertiary alicyclic amines) is 1. The van der Waals surface area contributed by atoms with Crippen molar-refractivity contribution in [2.75, 3.05) is 20.2 Å². The third kappa shape index (κ3) is 4.09. The van der Waals surface area contributed by atoms with E-state index in [2.05, 4.69) is 17.0 Å². The van der Waals surface area contributed by atoms with E-state index < -0.39 is 11.5 Å². The number of rotatable bonds is 5. The first-order chi connectivity index (χ1) is 12.1. The standard InChI is InChI=1S/C21H25NO3/c1-25-20(23)19(18-10-6-3-7-11-18)21(24)12-14-22(15-13-21)16-17-8-4-2-5-9-17/h2-11,19,24H,12-16H2,1H3/t19-/m1/s1. The molecule has 0 aromatic heterocycles. The van der Waals surface area contributed by atoms with Crippen LogP contribution in [0.15, 0.2) is 60.7 Å². The average Bonchev–Trinajstić information content (AvgIpc) is 2.65. The van der Waals surface area contributed by atoms with E-state index in [1.807, 2.05) is 48.5 Å². The van der Waals surface area contributed by atoms with Gasteiger partial charge < -0.3 is 9.84 Å². The molecule has 0 saturated carbocycles. The van der Waals surface area contributed by atoms with Crippen LogP contribution in [0, 0.1) is 0 Å². The van der Waals surface area contributed by atoms with Crippen LogP contribution in [0.4, 0.5) is 0 Å². The number of hydrogen-bond acceptors (Lipinski definition) is 4. The van der Waals surface area contributed by atoms with Crippen LogP contribution in [-0.4, -0.2) is 41.8 Å². The molecular formula is C21H25NO3. The van der Waals surface area contributed by atoms with Crippen molar-refractivity contribution in [1.82, 2.24) is 4.90 Å². The lowest BCUT2D eigenvalue weighted by Gasteiger charge is -2.42. The summed E-state index contributed by atoms with van der Waals surface area (Å²) in [6.45, 7) is 2.38. The third-order valence-electron chi connectivity index (χ3n) is 5.08. The van der Waals surface area contributed by atoms with Gasteiger partial charge in [0.2, 0.25) is 0 Å². The molecule has 4 heteroatoms. The Balaban J connectivity index is 1.72. The van der Waals surface area contributed by atoms with Crippen molar-refractivity contribution in [3.05, 3.63) is 71.8 Å². The number of carbonyl (C=O) groups is 1. The van der Waals surface area contributed by atoms with Crippen molar-refractivity contribution in [2.24, 2.45) is 0 Å². The number of piperidine rings is 1. The third-order valence-corrected chi connectivity index (χ3v) is 5.08. The van der Waals surface area contributed by atoms with Gasteiger partial charge in [-0.1, -0.05) is 60.7 Å². The molecule has 0 spiro atoms. The van der Waals surface area contributed by atoms with Crippen LogP contribution in [0.5, 0.6) is 0 Å². The lowest BCUT2D eigenvalue weighted by molar-refractivity contribution is -0.152. The Morgan fingerprint density at radius 2 is 1.64 bits per heavy atom. The number of ether oxygens (including phenoxy) is 1. The zero-order valence-electron chi connectivity index (χ0n) is 14.6. The fourth-order valence-corrected chi connectivity index (χ4v) is 3.66. The molecule has 0 radical (unpaired) electrons. The summed E-state index contributed by atoms with van der Waals surface area (Å²) in [5, 5.41) is 11.2. The van der Waals surface area contributed by atoms with E-state index in [0.717, 1.165) is 25.2 Å². The number of nitrogens with zero attached hydrogens (tertiary/aromatic N) is 1. The molecule has 2 aromatic carbocycles. The first kappa shape index (κ1) is 17.6. The summed E-state index contributed by atoms with van der Waals surface area (Å²) in [5.41, 5.74) is 1.01. The lowest BCUT2D eigenvalue weighted by atomic mass is 9.75. The highest BCUT2D eigenvalue weighted by Gasteiger charge is 2.45. The number of esters is 1. The minimum atomic E-state index is -1.07. The van der Waals surface area contributed by atoms with Gasteiger partial charge in [-0.25, -0.2) is 0 Å². The van der Waals surface area contributed by atoms with Crippen molar-refractivity contribution in [3.63, 3.8) is 0 Å². The number of hydrogen-bond donors (Lipinski definition) is 1. The van der Waals surface area contributed by atoms with Crippen molar-refractivity contribution in [1.29, 1.82) is 0 Å². The van der Waals surface area contributed by atoms with E-state index in [4.69, 9.17) is 4.74 Å². The van der Waals surface area contributed by atoms with Crippen LogP contribution in [-0.2, 0) is 16.1 Å². The molecule has 132 valence electrons. The Hall–Kier alpha value is -2.17. The quantitative estimate of drug-likeness (QED) is 0.851. The van der Waals surface area contributed by atoms with Crippen LogP contribution in [0.2, 0.25) is 0 Å². The predicted octanol–water partition coefficient (Wildman–Crippen LogP) is 2.97. The Bertz CT molecular complexity index is 679. The van der Waals surface area contributed by atoms with Gasteiger partial charge in [0.15, 0.2) is 0 Å². The van der Waals surface area contributed by atoms with Gasteiger partial charge in [-0.3, -0.25) is 9.69 Å². The van der Waals surface area contributed by atoms with Crippen molar-refractivity contribution in [2.45, 2.75) is 30.9 Å². The second kappa shape index (κ2) is 7.81. The van der Waals surface area contributed by atoms with Crippen molar-refractivity contribution < 1.29 is 14.6 Å². The first-order valence-corrected chi connectivity index (χ1v) is 8.74. The van der Waals surface area contributed by atoms with Gasteiger partial charge in [-0.15, -0.1) is 0 Å². The molecule has 0 aliphatic carbocycles. The highest BCUT2D eigenvalue weighted by atomic mass is 16.5. The van der Waals surface area contributed by atoms with E-state index in [0.29, 0.717) is 12.8 Å². The average molecular weight is 339 g/mol. The van der Waals surface area contributed by atoms with Gasteiger partial charge in [0.05, 0.1) is 12.7 Å². The Labute approximate surface area is 149 Å². The largest absolute Gasteiger partial charge is 0.468 e. The summed E-state index contributed by atoms with van der Waals surface area (Å²) in [7, 11) is 1.38. The van der Waals surface area contributed by atoms with E-state index in [1.54, 1.807) is 0 Å². The molecule has 0 unspecified atom stereocenters. The number of methoxy groups -OCH3 is 1. The molecule has 1 atom stereocenters. The second-order valence-corrected chi connectivity index (χ2v) is 6.73. The van der Waals surface area contributed by atoms with Crippen LogP contribution < -0.4 is 0 Å². The van der Waals surface area contributed by atoms with Gasteiger partial charge in [0, 0.05) is 19.6 Å². The molecule has 0 bridgehead atoms. The molecule has 1 saturated heterocycles. The smallest absolute Gasteiger partial charge is 0.316 e. The molecule has 25 heavy (non-hydrogen) atoms.